The number of aromatic hydroxyl groups is 1. The van der Waals surface area contributed by atoms with Gasteiger partial charge in [0, 0.05) is 33.3 Å². The van der Waals surface area contributed by atoms with Crippen LogP contribution < -0.4 is 0 Å². The molecule has 2 aromatic heterocycles. The first kappa shape index (κ1) is 17.8. The van der Waals surface area contributed by atoms with Crippen molar-refractivity contribution >= 4 is 28.9 Å². The van der Waals surface area contributed by atoms with Crippen molar-refractivity contribution in [1.82, 2.24) is 4.57 Å². The molecule has 5 heteroatoms. The molecule has 0 radical (unpaired) electrons. The third-order valence-electron chi connectivity index (χ3n) is 4.24. The Morgan fingerprint density at radius 1 is 1.20 bits per heavy atom. The molecular formula is C20H21NO2S2. The fraction of sp³-hybridized carbons (Fsp3) is 0.250. The van der Waals surface area contributed by atoms with E-state index < -0.39 is 0 Å². The number of phenolic OH excluding ortho intramolecular Hbond substituents is 1. The highest BCUT2D eigenvalue weighted by Gasteiger charge is 2.16. The number of rotatable bonds is 7. The largest absolute Gasteiger partial charge is 0.508 e. The summed E-state index contributed by atoms with van der Waals surface area (Å²) >= 11 is 3.27. The molecule has 0 bridgehead atoms. The average Bonchev–Trinajstić information content (AvgIpc) is 3.21. The molecule has 25 heavy (non-hydrogen) atoms. The molecule has 0 amide bonds. The molecule has 0 unspecified atom stereocenters. The number of Topliss-reactive ketones (excluding diaryl/α,β-unsaturated/α-hetero) is 1. The molecule has 0 fully saturated rings. The number of carbonyl (C=O) groups excluding carboxylic acids is 1. The number of phenols is 1. The molecule has 0 saturated carbocycles. The van der Waals surface area contributed by atoms with Crippen molar-refractivity contribution in [3.05, 3.63) is 69.7 Å². The minimum atomic E-state index is 0.147. The van der Waals surface area contributed by atoms with E-state index in [1.165, 1.54) is 16.6 Å². The fourth-order valence-electron chi connectivity index (χ4n) is 2.87. The van der Waals surface area contributed by atoms with Gasteiger partial charge < -0.3 is 9.67 Å². The van der Waals surface area contributed by atoms with Gasteiger partial charge in [0.05, 0.1) is 5.75 Å². The molecule has 0 spiro atoms. The van der Waals surface area contributed by atoms with Gasteiger partial charge in [-0.05, 0) is 62.0 Å². The van der Waals surface area contributed by atoms with E-state index in [9.17, 15) is 9.90 Å². The minimum absolute atomic E-state index is 0.147. The zero-order valence-corrected chi connectivity index (χ0v) is 16.0. The lowest BCUT2D eigenvalue weighted by Crippen LogP contribution is -2.08. The normalized spacial score (nSPS) is 11.0. The summed E-state index contributed by atoms with van der Waals surface area (Å²) in [5.74, 6) is 0.790. The lowest BCUT2D eigenvalue weighted by molar-refractivity contribution is 0.102. The standard InChI is InChI=1S/C20H21NO2S2/c1-14-12-19(15(2)21(14)10-9-17-4-3-11-24-17)20(23)13-25-18-7-5-16(22)6-8-18/h3-8,11-12,22H,9-10,13H2,1-2H3. The zero-order chi connectivity index (χ0) is 17.8. The van der Waals surface area contributed by atoms with E-state index in [2.05, 4.69) is 29.0 Å². The Labute approximate surface area is 156 Å². The number of benzene rings is 1. The second kappa shape index (κ2) is 7.93. The highest BCUT2D eigenvalue weighted by atomic mass is 32.2. The van der Waals surface area contributed by atoms with Gasteiger partial charge in [-0.3, -0.25) is 4.79 Å². The van der Waals surface area contributed by atoms with Crippen LogP contribution in [0.2, 0.25) is 0 Å². The third kappa shape index (κ3) is 4.35. The Bertz CT molecular complexity index is 849. The Morgan fingerprint density at radius 2 is 1.96 bits per heavy atom. The van der Waals surface area contributed by atoms with E-state index >= 15 is 0 Å². The van der Waals surface area contributed by atoms with Crippen LogP contribution in [0.4, 0.5) is 0 Å². The van der Waals surface area contributed by atoms with Crippen molar-refractivity contribution < 1.29 is 9.90 Å². The first-order valence-corrected chi connectivity index (χ1v) is 10.1. The summed E-state index contributed by atoms with van der Waals surface area (Å²) in [7, 11) is 0. The molecule has 3 rings (SSSR count). The number of thiophene rings is 1. The predicted octanol–water partition coefficient (Wildman–Crippen LogP) is 5.09. The van der Waals surface area contributed by atoms with Crippen molar-refractivity contribution in [3.63, 3.8) is 0 Å². The number of carbonyl (C=O) groups is 1. The van der Waals surface area contributed by atoms with E-state index in [0.717, 1.165) is 34.8 Å². The lowest BCUT2D eigenvalue weighted by atomic mass is 10.2. The number of aryl methyl sites for hydroxylation is 2. The molecule has 3 nitrogen and oxygen atoms in total. The van der Waals surface area contributed by atoms with Crippen molar-refractivity contribution in [2.24, 2.45) is 0 Å². The van der Waals surface area contributed by atoms with Gasteiger partial charge in [0.2, 0.25) is 0 Å². The molecular weight excluding hydrogens is 350 g/mol. The molecule has 1 aromatic carbocycles. The minimum Gasteiger partial charge on any atom is -0.508 e. The second-order valence-electron chi connectivity index (χ2n) is 5.97. The Morgan fingerprint density at radius 3 is 2.64 bits per heavy atom. The second-order valence-corrected chi connectivity index (χ2v) is 8.05. The quantitative estimate of drug-likeness (QED) is 0.465. The molecule has 3 aromatic rings. The number of hydrogen-bond donors (Lipinski definition) is 1. The third-order valence-corrected chi connectivity index (χ3v) is 6.19. The van der Waals surface area contributed by atoms with Crippen LogP contribution in [0.1, 0.15) is 26.6 Å². The van der Waals surface area contributed by atoms with Crippen LogP contribution in [0.3, 0.4) is 0 Å². The van der Waals surface area contributed by atoms with Crippen molar-refractivity contribution in [2.45, 2.75) is 31.7 Å². The van der Waals surface area contributed by atoms with Crippen LogP contribution >= 0.6 is 23.1 Å². The van der Waals surface area contributed by atoms with Crippen LogP contribution in [0.15, 0.2) is 52.7 Å². The number of nitrogens with zero attached hydrogens (tertiary/aromatic N) is 1. The van der Waals surface area contributed by atoms with E-state index in [0.29, 0.717) is 5.75 Å². The molecule has 0 aliphatic heterocycles. The average molecular weight is 372 g/mol. The Kier molecular flexibility index (Phi) is 5.66. The number of hydrogen-bond acceptors (Lipinski definition) is 4. The molecule has 1 N–H and O–H groups in total. The van der Waals surface area contributed by atoms with E-state index in [-0.39, 0.29) is 11.5 Å². The Hall–Kier alpha value is -1.98. The molecule has 0 atom stereocenters. The van der Waals surface area contributed by atoms with Crippen LogP contribution in [-0.4, -0.2) is 21.2 Å². The van der Waals surface area contributed by atoms with Gasteiger partial charge >= 0.3 is 0 Å². The smallest absolute Gasteiger partial charge is 0.174 e. The van der Waals surface area contributed by atoms with Crippen molar-refractivity contribution in [3.8, 4) is 5.75 Å². The molecule has 0 aliphatic rings. The van der Waals surface area contributed by atoms with Gasteiger partial charge in [-0.15, -0.1) is 23.1 Å². The molecule has 130 valence electrons. The summed E-state index contributed by atoms with van der Waals surface area (Å²) in [6.07, 6.45) is 0.990. The SMILES string of the molecule is Cc1cc(C(=O)CSc2ccc(O)cc2)c(C)n1CCc1cccs1. The van der Waals surface area contributed by atoms with Gasteiger partial charge in [-0.1, -0.05) is 6.07 Å². The van der Waals surface area contributed by atoms with Gasteiger partial charge in [0.25, 0.3) is 0 Å². The van der Waals surface area contributed by atoms with Crippen LogP contribution in [-0.2, 0) is 13.0 Å². The highest BCUT2D eigenvalue weighted by molar-refractivity contribution is 8.00. The first-order valence-electron chi connectivity index (χ1n) is 8.18. The van der Waals surface area contributed by atoms with E-state index in [4.69, 9.17) is 0 Å². The zero-order valence-electron chi connectivity index (χ0n) is 14.4. The first-order chi connectivity index (χ1) is 12.0. The summed E-state index contributed by atoms with van der Waals surface area (Å²) in [6, 6.07) is 13.2. The number of ketones is 1. The Balaban J connectivity index is 1.66. The van der Waals surface area contributed by atoms with Crippen molar-refractivity contribution in [2.75, 3.05) is 5.75 Å². The van der Waals surface area contributed by atoms with Crippen LogP contribution in [0.5, 0.6) is 5.75 Å². The van der Waals surface area contributed by atoms with E-state index in [1.54, 1.807) is 23.5 Å². The van der Waals surface area contributed by atoms with Crippen molar-refractivity contribution in [1.29, 1.82) is 0 Å². The molecule has 2 heterocycles. The maximum Gasteiger partial charge on any atom is 0.174 e. The number of aromatic nitrogens is 1. The fourth-order valence-corrected chi connectivity index (χ4v) is 4.35. The van der Waals surface area contributed by atoms with Gasteiger partial charge in [-0.25, -0.2) is 0 Å². The van der Waals surface area contributed by atoms with Crippen LogP contribution in [0, 0.1) is 13.8 Å². The predicted molar refractivity (Wildman–Crippen MR) is 105 cm³/mol. The summed E-state index contributed by atoms with van der Waals surface area (Å²) in [6.45, 7) is 4.99. The topological polar surface area (TPSA) is 42.2 Å². The monoisotopic (exact) mass is 371 g/mol. The summed E-state index contributed by atoms with van der Waals surface area (Å²) in [4.78, 5) is 15.0. The summed E-state index contributed by atoms with van der Waals surface area (Å²) in [5, 5.41) is 11.4. The van der Waals surface area contributed by atoms with Crippen LogP contribution in [0.25, 0.3) is 0 Å². The number of thioether (sulfide) groups is 1. The molecule has 0 saturated heterocycles. The maximum atomic E-state index is 12.6. The van der Waals surface area contributed by atoms with Gasteiger partial charge in [0.1, 0.15) is 5.75 Å². The summed E-state index contributed by atoms with van der Waals surface area (Å²) < 4.78 is 2.23. The lowest BCUT2D eigenvalue weighted by Gasteiger charge is -2.09. The maximum absolute atomic E-state index is 12.6. The highest BCUT2D eigenvalue weighted by Crippen LogP contribution is 2.24. The summed E-state index contributed by atoms with van der Waals surface area (Å²) in [5.41, 5.74) is 2.99. The van der Waals surface area contributed by atoms with Gasteiger partial charge in [0.15, 0.2) is 5.78 Å². The van der Waals surface area contributed by atoms with E-state index in [1.807, 2.05) is 25.1 Å². The van der Waals surface area contributed by atoms with Gasteiger partial charge in [-0.2, -0.15) is 0 Å². The molecule has 0 aliphatic carbocycles.